The molecule has 2 aromatic rings. The lowest BCUT2D eigenvalue weighted by atomic mass is 10.2. The van der Waals surface area contributed by atoms with Gasteiger partial charge in [0.25, 0.3) is 11.8 Å². The normalized spacial score (nSPS) is 12.7. The highest BCUT2D eigenvalue weighted by Gasteiger charge is 2.16. The number of para-hydroxylation sites is 1. The molecule has 0 saturated heterocycles. The Labute approximate surface area is 133 Å². The second-order valence-corrected chi connectivity index (χ2v) is 5.15. The molecule has 118 valence electrons. The van der Waals surface area contributed by atoms with Crippen molar-refractivity contribution in [2.45, 2.75) is 6.92 Å². The SMILES string of the molecule is Cc1ccccc1NC(=O)COc1ccc2c(c1)NC(=O)CO2. The van der Waals surface area contributed by atoms with Gasteiger partial charge in [0, 0.05) is 11.8 Å². The largest absolute Gasteiger partial charge is 0.484 e. The quantitative estimate of drug-likeness (QED) is 0.908. The van der Waals surface area contributed by atoms with E-state index in [1.807, 2.05) is 31.2 Å². The van der Waals surface area contributed by atoms with Crippen molar-refractivity contribution in [2.75, 3.05) is 23.8 Å². The van der Waals surface area contributed by atoms with E-state index in [9.17, 15) is 9.59 Å². The van der Waals surface area contributed by atoms with Crippen molar-refractivity contribution in [3.8, 4) is 11.5 Å². The van der Waals surface area contributed by atoms with E-state index in [4.69, 9.17) is 9.47 Å². The van der Waals surface area contributed by atoms with Gasteiger partial charge in [0.15, 0.2) is 13.2 Å². The summed E-state index contributed by atoms with van der Waals surface area (Å²) in [6.45, 7) is 1.80. The maximum absolute atomic E-state index is 11.9. The van der Waals surface area contributed by atoms with Crippen molar-refractivity contribution in [3.63, 3.8) is 0 Å². The highest BCUT2D eigenvalue weighted by Crippen LogP contribution is 2.31. The maximum atomic E-state index is 11.9. The Morgan fingerprint density at radius 1 is 1.30 bits per heavy atom. The molecule has 2 amide bonds. The maximum Gasteiger partial charge on any atom is 0.262 e. The molecule has 2 aromatic carbocycles. The standard InChI is InChI=1S/C17H16N2O4/c1-11-4-2-3-5-13(11)18-16(20)9-22-12-6-7-15-14(8-12)19-17(21)10-23-15/h2-8H,9-10H2,1H3,(H,18,20)(H,19,21). The minimum atomic E-state index is -0.252. The number of amides is 2. The number of fused-ring (bicyclic) bond motifs is 1. The van der Waals surface area contributed by atoms with Crippen LogP contribution in [0, 0.1) is 6.92 Å². The first-order chi connectivity index (χ1) is 11.1. The number of rotatable bonds is 4. The van der Waals surface area contributed by atoms with Crippen LogP contribution in [0.15, 0.2) is 42.5 Å². The van der Waals surface area contributed by atoms with E-state index in [2.05, 4.69) is 10.6 Å². The molecule has 0 fully saturated rings. The number of carbonyl (C=O) groups excluding carboxylic acids is 2. The van der Waals surface area contributed by atoms with Gasteiger partial charge in [-0.05, 0) is 30.7 Å². The number of hydrogen-bond acceptors (Lipinski definition) is 4. The van der Waals surface area contributed by atoms with Crippen LogP contribution < -0.4 is 20.1 Å². The molecular weight excluding hydrogens is 296 g/mol. The molecule has 1 heterocycles. The highest BCUT2D eigenvalue weighted by atomic mass is 16.5. The Kier molecular flexibility index (Phi) is 4.14. The van der Waals surface area contributed by atoms with Crippen LogP contribution in [0.5, 0.6) is 11.5 Å². The van der Waals surface area contributed by atoms with E-state index < -0.39 is 0 Å². The van der Waals surface area contributed by atoms with Gasteiger partial charge in [-0.2, -0.15) is 0 Å². The Hall–Kier alpha value is -3.02. The lowest BCUT2D eigenvalue weighted by molar-refractivity contribution is -0.119. The zero-order chi connectivity index (χ0) is 16.2. The number of benzene rings is 2. The Morgan fingerprint density at radius 3 is 2.96 bits per heavy atom. The molecule has 0 aromatic heterocycles. The molecule has 1 aliphatic rings. The fourth-order valence-electron chi connectivity index (χ4n) is 2.20. The number of anilines is 2. The fourth-order valence-corrected chi connectivity index (χ4v) is 2.20. The van der Waals surface area contributed by atoms with Gasteiger partial charge in [-0.25, -0.2) is 0 Å². The van der Waals surface area contributed by atoms with E-state index in [0.717, 1.165) is 11.3 Å². The predicted molar refractivity (Wildman–Crippen MR) is 85.9 cm³/mol. The van der Waals surface area contributed by atoms with Crippen molar-refractivity contribution in [2.24, 2.45) is 0 Å². The third-order valence-corrected chi connectivity index (χ3v) is 3.37. The lowest BCUT2D eigenvalue weighted by Crippen LogP contribution is -2.25. The van der Waals surface area contributed by atoms with Gasteiger partial charge in [-0.3, -0.25) is 9.59 Å². The van der Waals surface area contributed by atoms with Gasteiger partial charge in [0.2, 0.25) is 0 Å². The highest BCUT2D eigenvalue weighted by molar-refractivity contribution is 5.95. The Balaban J connectivity index is 1.60. The summed E-state index contributed by atoms with van der Waals surface area (Å²) in [5.74, 6) is 0.597. The molecule has 2 N–H and O–H groups in total. The van der Waals surface area contributed by atoms with Crippen LogP contribution in [0.2, 0.25) is 0 Å². The second kappa shape index (κ2) is 6.39. The number of aryl methyl sites for hydroxylation is 1. The Morgan fingerprint density at radius 2 is 2.13 bits per heavy atom. The fraction of sp³-hybridized carbons (Fsp3) is 0.176. The summed E-state index contributed by atoms with van der Waals surface area (Å²) in [6.07, 6.45) is 0. The van der Waals surface area contributed by atoms with Crippen molar-refractivity contribution < 1.29 is 19.1 Å². The predicted octanol–water partition coefficient (Wildman–Crippen LogP) is 2.34. The first-order valence-corrected chi connectivity index (χ1v) is 7.17. The van der Waals surface area contributed by atoms with Gasteiger partial charge >= 0.3 is 0 Å². The lowest BCUT2D eigenvalue weighted by Gasteiger charge is -2.18. The van der Waals surface area contributed by atoms with Gasteiger partial charge in [-0.15, -0.1) is 0 Å². The molecular formula is C17H16N2O4. The third kappa shape index (κ3) is 3.60. The van der Waals surface area contributed by atoms with Gasteiger partial charge in [0.05, 0.1) is 5.69 Å². The molecule has 0 saturated carbocycles. The van der Waals surface area contributed by atoms with Crippen LogP contribution in [0.4, 0.5) is 11.4 Å². The molecule has 0 radical (unpaired) electrons. The van der Waals surface area contributed by atoms with Crippen LogP contribution in [-0.2, 0) is 9.59 Å². The zero-order valence-electron chi connectivity index (χ0n) is 12.6. The molecule has 6 nitrogen and oxygen atoms in total. The van der Waals surface area contributed by atoms with Crippen LogP contribution in [0.1, 0.15) is 5.56 Å². The monoisotopic (exact) mass is 312 g/mol. The van der Waals surface area contributed by atoms with E-state index in [-0.39, 0.29) is 25.0 Å². The summed E-state index contributed by atoms with van der Waals surface area (Å²) in [5, 5.41) is 5.48. The number of hydrogen-bond donors (Lipinski definition) is 2. The Bertz CT molecular complexity index is 758. The van der Waals surface area contributed by atoms with Crippen molar-refractivity contribution in [3.05, 3.63) is 48.0 Å². The van der Waals surface area contributed by atoms with Crippen LogP contribution in [-0.4, -0.2) is 25.0 Å². The van der Waals surface area contributed by atoms with Crippen LogP contribution in [0.25, 0.3) is 0 Å². The van der Waals surface area contributed by atoms with E-state index in [0.29, 0.717) is 17.2 Å². The summed E-state index contributed by atoms with van der Waals surface area (Å²) in [6, 6.07) is 12.5. The van der Waals surface area contributed by atoms with E-state index >= 15 is 0 Å². The molecule has 0 spiro atoms. The molecule has 0 atom stereocenters. The van der Waals surface area contributed by atoms with Gasteiger partial charge < -0.3 is 20.1 Å². The zero-order valence-corrected chi connectivity index (χ0v) is 12.6. The van der Waals surface area contributed by atoms with Crippen molar-refractivity contribution in [1.82, 2.24) is 0 Å². The van der Waals surface area contributed by atoms with Crippen LogP contribution >= 0.6 is 0 Å². The van der Waals surface area contributed by atoms with Crippen molar-refractivity contribution in [1.29, 1.82) is 0 Å². The summed E-state index contributed by atoms with van der Waals surface area (Å²) < 4.78 is 10.7. The van der Waals surface area contributed by atoms with E-state index in [1.54, 1.807) is 18.2 Å². The van der Waals surface area contributed by atoms with Gasteiger partial charge in [-0.1, -0.05) is 18.2 Å². The summed E-state index contributed by atoms with van der Waals surface area (Å²) >= 11 is 0. The molecule has 3 rings (SSSR count). The average Bonchev–Trinajstić information content (AvgIpc) is 2.54. The number of ether oxygens (including phenoxy) is 2. The van der Waals surface area contributed by atoms with Crippen molar-refractivity contribution >= 4 is 23.2 Å². The average molecular weight is 312 g/mol. The number of carbonyl (C=O) groups is 2. The second-order valence-electron chi connectivity index (χ2n) is 5.15. The molecule has 6 heteroatoms. The van der Waals surface area contributed by atoms with E-state index in [1.165, 1.54) is 0 Å². The minimum absolute atomic E-state index is 0.00599. The van der Waals surface area contributed by atoms with Crippen LogP contribution in [0.3, 0.4) is 0 Å². The summed E-state index contributed by atoms with van der Waals surface area (Å²) in [5.41, 5.74) is 2.28. The molecule has 23 heavy (non-hydrogen) atoms. The first-order valence-electron chi connectivity index (χ1n) is 7.17. The number of nitrogens with one attached hydrogen (secondary N) is 2. The summed E-state index contributed by atoms with van der Waals surface area (Å²) in [7, 11) is 0. The topological polar surface area (TPSA) is 76.7 Å². The summed E-state index contributed by atoms with van der Waals surface area (Å²) in [4.78, 5) is 23.2. The minimum Gasteiger partial charge on any atom is -0.484 e. The van der Waals surface area contributed by atoms with Gasteiger partial charge in [0.1, 0.15) is 11.5 Å². The molecule has 0 aliphatic carbocycles. The molecule has 0 bridgehead atoms. The molecule has 0 unspecified atom stereocenters. The third-order valence-electron chi connectivity index (χ3n) is 3.37. The first kappa shape index (κ1) is 14.9. The smallest absolute Gasteiger partial charge is 0.262 e. The molecule has 1 aliphatic heterocycles.